The predicted molar refractivity (Wildman–Crippen MR) is 100 cm³/mol. The van der Waals surface area contributed by atoms with E-state index in [9.17, 15) is 5.11 Å². The molecule has 0 unspecified atom stereocenters. The van der Waals surface area contributed by atoms with Crippen LogP contribution in [0, 0.1) is 32.6 Å². The molecule has 6 nitrogen and oxygen atoms in total. The molecule has 26 heavy (non-hydrogen) atoms. The molecule has 2 aliphatic rings. The molecule has 2 aromatic heterocycles. The highest BCUT2D eigenvalue weighted by molar-refractivity contribution is 7.11. The molecule has 2 fully saturated rings. The lowest BCUT2D eigenvalue weighted by Gasteiger charge is -2.35. The standard InChI is InChI=1S/C19H26N4O2S/c1-11-4-5-17(12(2)20-11)25-18-7-15-9-23(8-14(15)6-16(18)24)10-19-22-21-13(3)26-19/h4-5,14-16,18,24H,6-10H2,1-3H3/t14-,15+,16+,18+/m0/s1. The number of ether oxygens (including phenoxy) is 1. The molecule has 4 rings (SSSR count). The number of hydrogen-bond acceptors (Lipinski definition) is 7. The minimum absolute atomic E-state index is 0.150. The molecule has 3 heterocycles. The van der Waals surface area contributed by atoms with Crippen molar-refractivity contribution < 1.29 is 9.84 Å². The molecule has 0 bridgehead atoms. The largest absolute Gasteiger partial charge is 0.486 e. The Morgan fingerprint density at radius 3 is 2.62 bits per heavy atom. The fraction of sp³-hybridized carbons (Fsp3) is 0.632. The zero-order chi connectivity index (χ0) is 18.3. The number of hydrogen-bond donors (Lipinski definition) is 1. The second-order valence-corrected chi connectivity index (χ2v) is 8.93. The van der Waals surface area contributed by atoms with Gasteiger partial charge in [0, 0.05) is 18.8 Å². The highest BCUT2D eigenvalue weighted by atomic mass is 32.1. The first kappa shape index (κ1) is 17.8. The number of rotatable bonds is 4. The van der Waals surface area contributed by atoms with Crippen LogP contribution in [0.25, 0.3) is 0 Å². The molecule has 1 N–H and O–H groups in total. The van der Waals surface area contributed by atoms with Crippen molar-refractivity contribution in [3.8, 4) is 5.75 Å². The van der Waals surface area contributed by atoms with E-state index in [-0.39, 0.29) is 6.10 Å². The molecule has 0 spiro atoms. The molecule has 0 radical (unpaired) electrons. The maximum atomic E-state index is 10.6. The monoisotopic (exact) mass is 374 g/mol. The van der Waals surface area contributed by atoms with Gasteiger partial charge in [-0.3, -0.25) is 9.88 Å². The van der Waals surface area contributed by atoms with Crippen molar-refractivity contribution >= 4 is 11.3 Å². The molecule has 0 aromatic carbocycles. The van der Waals surface area contributed by atoms with Crippen molar-refractivity contribution in [1.82, 2.24) is 20.1 Å². The van der Waals surface area contributed by atoms with Crippen LogP contribution in [0.5, 0.6) is 5.75 Å². The van der Waals surface area contributed by atoms with Crippen LogP contribution in [0.2, 0.25) is 0 Å². The summed E-state index contributed by atoms with van der Waals surface area (Å²) in [5.41, 5.74) is 1.87. The minimum atomic E-state index is -0.416. The van der Waals surface area contributed by atoms with Gasteiger partial charge >= 0.3 is 0 Å². The third-order valence-corrected chi connectivity index (χ3v) is 6.37. The van der Waals surface area contributed by atoms with Crippen molar-refractivity contribution in [1.29, 1.82) is 0 Å². The van der Waals surface area contributed by atoms with Gasteiger partial charge in [-0.1, -0.05) is 0 Å². The Morgan fingerprint density at radius 1 is 1.15 bits per heavy atom. The average molecular weight is 375 g/mol. The van der Waals surface area contributed by atoms with Gasteiger partial charge in [0.1, 0.15) is 21.9 Å². The van der Waals surface area contributed by atoms with Crippen LogP contribution in [0.15, 0.2) is 12.1 Å². The van der Waals surface area contributed by atoms with Crippen LogP contribution in [-0.4, -0.2) is 50.5 Å². The van der Waals surface area contributed by atoms with E-state index in [1.807, 2.05) is 32.9 Å². The van der Waals surface area contributed by atoms with Gasteiger partial charge in [0.05, 0.1) is 18.3 Å². The second kappa shape index (κ2) is 7.21. The van der Waals surface area contributed by atoms with E-state index in [1.165, 1.54) is 0 Å². The Morgan fingerprint density at radius 2 is 1.92 bits per heavy atom. The van der Waals surface area contributed by atoms with Crippen molar-refractivity contribution in [3.05, 3.63) is 33.5 Å². The van der Waals surface area contributed by atoms with Crippen molar-refractivity contribution in [3.63, 3.8) is 0 Å². The first-order valence-electron chi connectivity index (χ1n) is 9.28. The summed E-state index contributed by atoms with van der Waals surface area (Å²) in [6.45, 7) is 8.86. The summed E-state index contributed by atoms with van der Waals surface area (Å²) in [7, 11) is 0. The van der Waals surface area contributed by atoms with E-state index >= 15 is 0 Å². The van der Waals surface area contributed by atoms with Crippen LogP contribution in [0.1, 0.15) is 34.2 Å². The highest BCUT2D eigenvalue weighted by Gasteiger charge is 2.42. The molecule has 0 amide bonds. The smallest absolute Gasteiger partial charge is 0.141 e. The van der Waals surface area contributed by atoms with Crippen LogP contribution < -0.4 is 4.74 Å². The lowest BCUT2D eigenvalue weighted by molar-refractivity contribution is -0.0236. The van der Waals surface area contributed by atoms with E-state index in [4.69, 9.17) is 4.74 Å². The Bertz CT molecular complexity index is 781. The Kier molecular flexibility index (Phi) is 4.94. The molecular weight excluding hydrogens is 348 g/mol. The van der Waals surface area contributed by atoms with Crippen LogP contribution in [-0.2, 0) is 6.54 Å². The third kappa shape index (κ3) is 3.75. The first-order chi connectivity index (χ1) is 12.5. The zero-order valence-electron chi connectivity index (χ0n) is 15.6. The highest BCUT2D eigenvalue weighted by Crippen LogP contribution is 2.38. The number of nitrogens with zero attached hydrogens (tertiary/aromatic N) is 4. The Labute approximate surface area is 158 Å². The summed E-state index contributed by atoms with van der Waals surface area (Å²) >= 11 is 1.67. The summed E-state index contributed by atoms with van der Waals surface area (Å²) in [5, 5.41) is 21.1. The second-order valence-electron chi connectivity index (χ2n) is 7.66. The molecule has 1 saturated heterocycles. The zero-order valence-corrected chi connectivity index (χ0v) is 16.4. The van der Waals surface area contributed by atoms with Crippen LogP contribution >= 0.6 is 11.3 Å². The first-order valence-corrected chi connectivity index (χ1v) is 10.1. The topological polar surface area (TPSA) is 71.4 Å². The van der Waals surface area contributed by atoms with E-state index in [0.29, 0.717) is 11.8 Å². The summed E-state index contributed by atoms with van der Waals surface area (Å²) in [5.74, 6) is 1.89. The van der Waals surface area contributed by atoms with Crippen LogP contribution in [0.4, 0.5) is 0 Å². The Balaban J connectivity index is 1.39. The molecule has 1 aliphatic heterocycles. The SMILES string of the molecule is Cc1ccc(O[C@@H]2C[C@@H]3CN(Cc4nnc(C)s4)C[C@@H]3C[C@H]2O)c(C)n1. The van der Waals surface area contributed by atoms with Gasteiger partial charge in [-0.05, 0) is 57.6 Å². The molecule has 1 aliphatic carbocycles. The minimum Gasteiger partial charge on any atom is -0.486 e. The Hall–Kier alpha value is -1.57. The number of aliphatic hydroxyl groups is 1. The number of fused-ring (bicyclic) bond motifs is 1. The number of pyridine rings is 1. The van der Waals surface area contributed by atoms with Gasteiger partial charge in [-0.25, -0.2) is 0 Å². The van der Waals surface area contributed by atoms with Crippen molar-refractivity contribution in [2.24, 2.45) is 11.8 Å². The maximum Gasteiger partial charge on any atom is 0.141 e. The molecule has 1 saturated carbocycles. The maximum absolute atomic E-state index is 10.6. The summed E-state index contributed by atoms with van der Waals surface area (Å²) in [6, 6.07) is 3.93. The van der Waals surface area contributed by atoms with Gasteiger partial charge in [-0.15, -0.1) is 21.5 Å². The van der Waals surface area contributed by atoms with E-state index in [1.54, 1.807) is 11.3 Å². The number of aliphatic hydroxyl groups excluding tert-OH is 1. The molecule has 4 atom stereocenters. The summed E-state index contributed by atoms with van der Waals surface area (Å²) < 4.78 is 6.17. The van der Waals surface area contributed by atoms with Gasteiger partial charge < -0.3 is 9.84 Å². The number of likely N-dealkylation sites (tertiary alicyclic amines) is 1. The van der Waals surface area contributed by atoms with Crippen molar-refractivity contribution in [2.75, 3.05) is 13.1 Å². The van der Waals surface area contributed by atoms with Crippen LogP contribution in [0.3, 0.4) is 0 Å². The van der Waals surface area contributed by atoms with Gasteiger partial charge in [0.2, 0.25) is 0 Å². The molecule has 2 aromatic rings. The average Bonchev–Trinajstić information content (AvgIpc) is 3.15. The fourth-order valence-electron chi connectivity index (χ4n) is 4.30. The normalized spacial score (nSPS) is 28.9. The van der Waals surface area contributed by atoms with E-state index < -0.39 is 6.10 Å². The number of aryl methyl sites for hydroxylation is 3. The predicted octanol–water partition coefficient (Wildman–Crippen LogP) is 2.51. The van der Waals surface area contributed by atoms with Gasteiger partial charge in [0.15, 0.2) is 0 Å². The molecule has 7 heteroatoms. The van der Waals surface area contributed by atoms with E-state index in [2.05, 4.69) is 20.1 Å². The quantitative estimate of drug-likeness (QED) is 0.887. The van der Waals surface area contributed by atoms with Gasteiger partial charge in [0.25, 0.3) is 0 Å². The third-order valence-electron chi connectivity index (χ3n) is 5.54. The molecule has 140 valence electrons. The lowest BCUT2D eigenvalue weighted by atomic mass is 9.78. The fourth-order valence-corrected chi connectivity index (χ4v) is 5.05. The molecular formula is C19H26N4O2S. The number of aromatic nitrogens is 3. The lowest BCUT2D eigenvalue weighted by Crippen LogP contribution is -2.42. The van der Waals surface area contributed by atoms with E-state index in [0.717, 1.165) is 59.6 Å². The van der Waals surface area contributed by atoms with Gasteiger partial charge in [-0.2, -0.15) is 0 Å². The summed E-state index contributed by atoms with van der Waals surface area (Å²) in [4.78, 5) is 6.91. The van der Waals surface area contributed by atoms with Crippen molar-refractivity contribution in [2.45, 2.75) is 52.4 Å². The summed E-state index contributed by atoms with van der Waals surface area (Å²) in [6.07, 6.45) is 1.13.